The Hall–Kier alpha value is -0.720. The van der Waals surface area contributed by atoms with E-state index in [1.165, 1.54) is 14.2 Å². The Labute approximate surface area is 76.9 Å². The van der Waals surface area contributed by atoms with Crippen molar-refractivity contribution < 1.29 is 9.47 Å². The van der Waals surface area contributed by atoms with Gasteiger partial charge < -0.3 is 15.2 Å². The number of thiocarbonyl (C=S) groups is 1. The van der Waals surface area contributed by atoms with Gasteiger partial charge in [-0.2, -0.15) is 5.10 Å². The number of hydrogen-bond acceptors (Lipinski definition) is 4. The van der Waals surface area contributed by atoms with Crippen molar-refractivity contribution in [3.8, 4) is 0 Å². The fourth-order valence-corrected chi connectivity index (χ4v) is 0.679. The molecule has 6 heteroatoms. The lowest BCUT2D eigenvalue weighted by atomic mass is 10.4. The summed E-state index contributed by atoms with van der Waals surface area (Å²) in [6.07, 6.45) is -0.466. The highest BCUT2D eigenvalue weighted by molar-refractivity contribution is 7.80. The molecule has 0 aliphatic carbocycles. The van der Waals surface area contributed by atoms with E-state index in [4.69, 9.17) is 15.2 Å². The van der Waals surface area contributed by atoms with Crippen LogP contribution in [0.2, 0.25) is 0 Å². The molecule has 0 amide bonds. The van der Waals surface area contributed by atoms with Crippen molar-refractivity contribution >= 4 is 23.0 Å². The molecule has 5 nitrogen and oxygen atoms in total. The average Bonchev–Trinajstić information content (AvgIpc) is 2.03. The number of rotatable bonds is 4. The Morgan fingerprint density at radius 1 is 1.50 bits per heavy atom. The van der Waals surface area contributed by atoms with Gasteiger partial charge in [-0.05, 0) is 19.1 Å². The van der Waals surface area contributed by atoms with Crippen molar-refractivity contribution in [2.75, 3.05) is 14.2 Å². The molecule has 0 aromatic carbocycles. The first-order valence-electron chi connectivity index (χ1n) is 3.27. The van der Waals surface area contributed by atoms with Gasteiger partial charge in [-0.3, -0.25) is 5.43 Å². The third kappa shape index (κ3) is 4.22. The first-order valence-corrected chi connectivity index (χ1v) is 3.67. The van der Waals surface area contributed by atoms with Crippen molar-refractivity contribution in [3.63, 3.8) is 0 Å². The van der Waals surface area contributed by atoms with E-state index in [1.807, 2.05) is 0 Å². The molecule has 0 saturated carbocycles. The molecule has 0 radical (unpaired) electrons. The highest BCUT2D eigenvalue weighted by Gasteiger charge is 2.08. The van der Waals surface area contributed by atoms with Crippen LogP contribution < -0.4 is 11.2 Å². The second kappa shape index (κ2) is 5.87. The molecule has 0 unspecified atom stereocenters. The van der Waals surface area contributed by atoms with Crippen LogP contribution in [0.15, 0.2) is 5.10 Å². The van der Waals surface area contributed by atoms with Crippen LogP contribution in [0.4, 0.5) is 0 Å². The molecule has 0 heterocycles. The van der Waals surface area contributed by atoms with E-state index in [-0.39, 0.29) is 5.11 Å². The zero-order valence-electron chi connectivity index (χ0n) is 7.33. The molecule has 0 atom stereocenters. The number of nitrogens with one attached hydrogen (secondary N) is 1. The Morgan fingerprint density at radius 3 is 2.33 bits per heavy atom. The molecule has 70 valence electrons. The van der Waals surface area contributed by atoms with Crippen LogP contribution in [-0.4, -0.2) is 31.3 Å². The lowest BCUT2D eigenvalue weighted by molar-refractivity contribution is -0.0525. The third-order valence-corrected chi connectivity index (χ3v) is 1.20. The zero-order valence-corrected chi connectivity index (χ0v) is 8.14. The molecule has 0 aromatic heterocycles. The molecular weight excluding hydrogens is 178 g/mol. The Morgan fingerprint density at radius 2 is 2.00 bits per heavy atom. The number of hydrazone groups is 1. The van der Waals surface area contributed by atoms with E-state index in [0.717, 1.165) is 0 Å². The molecule has 0 fully saturated rings. The largest absolute Gasteiger partial charge is 0.375 e. The molecule has 3 N–H and O–H groups in total. The van der Waals surface area contributed by atoms with Crippen LogP contribution in [0, 0.1) is 0 Å². The minimum Gasteiger partial charge on any atom is -0.375 e. The fraction of sp³-hybridized carbons (Fsp3) is 0.667. The van der Waals surface area contributed by atoms with Crippen LogP contribution >= 0.6 is 12.2 Å². The molecule has 12 heavy (non-hydrogen) atoms. The molecule has 0 aromatic rings. The highest BCUT2D eigenvalue weighted by atomic mass is 32.1. The topological polar surface area (TPSA) is 68.9 Å². The number of methoxy groups -OCH3 is 2. The first-order chi connectivity index (χ1) is 5.61. The van der Waals surface area contributed by atoms with Gasteiger partial charge in [0.05, 0.1) is 5.71 Å². The van der Waals surface area contributed by atoms with E-state index >= 15 is 0 Å². The standard InChI is InChI=1S/C6H13N3O2S/c1-4(5(10-2)11-3)8-9-6(7)12/h5H,1-3H3,(H3,7,9,12)/b8-4+. The second-order valence-corrected chi connectivity index (χ2v) is 2.47. The molecule has 0 bridgehead atoms. The van der Waals surface area contributed by atoms with Crippen molar-refractivity contribution in [3.05, 3.63) is 0 Å². The van der Waals surface area contributed by atoms with Gasteiger partial charge in [-0.1, -0.05) is 0 Å². The van der Waals surface area contributed by atoms with E-state index in [9.17, 15) is 0 Å². The van der Waals surface area contributed by atoms with E-state index in [2.05, 4.69) is 22.7 Å². The number of nitrogens with two attached hydrogens (primary N) is 1. The summed E-state index contributed by atoms with van der Waals surface area (Å²) in [4.78, 5) is 0. The Bertz CT molecular complexity index is 180. The summed E-state index contributed by atoms with van der Waals surface area (Å²) < 4.78 is 9.83. The van der Waals surface area contributed by atoms with Gasteiger partial charge in [0.1, 0.15) is 0 Å². The monoisotopic (exact) mass is 191 g/mol. The van der Waals surface area contributed by atoms with Gasteiger partial charge in [-0.25, -0.2) is 0 Å². The molecule has 0 aliphatic rings. The smallest absolute Gasteiger partial charge is 0.198 e. The van der Waals surface area contributed by atoms with Crippen molar-refractivity contribution in [2.24, 2.45) is 10.8 Å². The lowest BCUT2D eigenvalue weighted by Gasteiger charge is -2.12. The van der Waals surface area contributed by atoms with Crippen molar-refractivity contribution in [1.82, 2.24) is 5.43 Å². The fourth-order valence-electron chi connectivity index (χ4n) is 0.633. The molecule has 0 saturated heterocycles. The SMILES string of the molecule is COC(OC)/C(C)=N/NC(N)=S. The summed E-state index contributed by atoms with van der Waals surface area (Å²) in [5, 5.41) is 3.93. The summed E-state index contributed by atoms with van der Waals surface area (Å²) in [6, 6.07) is 0. The quantitative estimate of drug-likeness (QED) is 0.279. The first kappa shape index (κ1) is 11.3. The number of nitrogens with zero attached hydrogens (tertiary/aromatic N) is 1. The Kier molecular flexibility index (Phi) is 5.52. The van der Waals surface area contributed by atoms with Gasteiger partial charge in [-0.15, -0.1) is 0 Å². The van der Waals surface area contributed by atoms with Crippen LogP contribution in [-0.2, 0) is 9.47 Å². The predicted molar refractivity (Wildman–Crippen MR) is 50.8 cm³/mol. The van der Waals surface area contributed by atoms with Crippen LogP contribution in [0.1, 0.15) is 6.92 Å². The lowest BCUT2D eigenvalue weighted by Crippen LogP contribution is -2.29. The minimum absolute atomic E-state index is 0.111. The molecular formula is C6H13N3O2S. The number of ether oxygens (including phenoxy) is 2. The second-order valence-electron chi connectivity index (χ2n) is 2.03. The van der Waals surface area contributed by atoms with Gasteiger partial charge >= 0.3 is 0 Å². The highest BCUT2D eigenvalue weighted by Crippen LogP contribution is 1.93. The normalized spacial score (nSPS) is 11.8. The molecule has 0 rings (SSSR count). The molecule has 0 spiro atoms. The van der Waals surface area contributed by atoms with Crippen LogP contribution in [0.25, 0.3) is 0 Å². The van der Waals surface area contributed by atoms with E-state index < -0.39 is 6.29 Å². The van der Waals surface area contributed by atoms with Crippen molar-refractivity contribution in [1.29, 1.82) is 0 Å². The maximum absolute atomic E-state index is 5.16. The summed E-state index contributed by atoms with van der Waals surface area (Å²) in [7, 11) is 3.04. The Balaban J connectivity index is 4.04. The summed E-state index contributed by atoms with van der Waals surface area (Å²) in [5.74, 6) is 0. The third-order valence-electron chi connectivity index (χ3n) is 1.11. The van der Waals surface area contributed by atoms with Gasteiger partial charge in [0, 0.05) is 14.2 Å². The van der Waals surface area contributed by atoms with Crippen LogP contribution in [0.5, 0.6) is 0 Å². The maximum Gasteiger partial charge on any atom is 0.198 e. The summed E-state index contributed by atoms with van der Waals surface area (Å²) in [5.41, 5.74) is 8.21. The average molecular weight is 191 g/mol. The van der Waals surface area contributed by atoms with Gasteiger partial charge in [0.25, 0.3) is 0 Å². The molecule has 0 aliphatic heterocycles. The van der Waals surface area contributed by atoms with Gasteiger partial charge in [0.15, 0.2) is 11.4 Å². The summed E-state index contributed by atoms with van der Waals surface area (Å²) >= 11 is 4.55. The van der Waals surface area contributed by atoms with E-state index in [1.54, 1.807) is 6.92 Å². The minimum atomic E-state index is -0.466. The van der Waals surface area contributed by atoms with Crippen LogP contribution in [0.3, 0.4) is 0 Å². The number of hydrogen-bond donors (Lipinski definition) is 2. The van der Waals surface area contributed by atoms with Gasteiger partial charge in [0.2, 0.25) is 0 Å². The summed E-state index contributed by atoms with van der Waals surface area (Å²) in [6.45, 7) is 1.74. The predicted octanol–water partition coefficient (Wildman–Crippen LogP) is -0.186. The zero-order chi connectivity index (χ0) is 9.56. The van der Waals surface area contributed by atoms with Crippen molar-refractivity contribution in [2.45, 2.75) is 13.2 Å². The van der Waals surface area contributed by atoms with E-state index in [0.29, 0.717) is 5.71 Å². The maximum atomic E-state index is 5.16.